The van der Waals surface area contributed by atoms with Crippen molar-refractivity contribution >= 4 is 11.6 Å². The molecule has 0 atom stereocenters. The Morgan fingerprint density at radius 1 is 0.344 bits per heavy atom. The molecule has 10 fully saturated rings. The van der Waals surface area contributed by atoms with Crippen LogP contribution in [0.25, 0.3) is 0 Å². The number of carbonyl (C=O) groups excluding carboxylic acids is 2. The fraction of sp³-hybridized carbons (Fsp3) is 0.968. The highest BCUT2D eigenvalue weighted by Crippen LogP contribution is 2.67. The topological polar surface area (TPSA) is 34.1 Å². The summed E-state index contributed by atoms with van der Waals surface area (Å²) in [5.41, 5.74) is 0.565. The van der Waals surface area contributed by atoms with Crippen LogP contribution >= 0.6 is 0 Å². The summed E-state index contributed by atoms with van der Waals surface area (Å²) in [7, 11) is 0. The van der Waals surface area contributed by atoms with Gasteiger partial charge in [-0.1, -0.05) is 118 Å². The minimum Gasteiger partial charge on any atom is -0.298 e. The smallest absolute Gasteiger partial charge is 0.145 e. The second-order valence-corrected chi connectivity index (χ2v) is 27.2. The number of hydrogen-bond donors (Lipinski definition) is 0. The number of unbranched alkanes of at least 4 members (excludes halogenated alkanes) is 2. The van der Waals surface area contributed by atoms with E-state index in [4.69, 9.17) is 0 Å². The Balaban J connectivity index is 0.000000163. The average Bonchev–Trinajstić information content (AvgIpc) is 3.35. The molecule has 0 aromatic rings. The van der Waals surface area contributed by atoms with Crippen molar-refractivity contribution in [2.45, 2.75) is 285 Å². The third-order valence-corrected chi connectivity index (χ3v) is 24.0. The Morgan fingerprint density at radius 2 is 0.609 bits per heavy atom. The van der Waals surface area contributed by atoms with Crippen LogP contribution in [0, 0.1) is 92.7 Å². The zero-order valence-electron chi connectivity index (χ0n) is 43.0. The third-order valence-electron chi connectivity index (χ3n) is 24.0. The molecule has 0 aromatic carbocycles. The van der Waals surface area contributed by atoms with Crippen LogP contribution in [0.1, 0.15) is 285 Å². The molecule has 0 N–H and O–H groups in total. The predicted molar refractivity (Wildman–Crippen MR) is 269 cm³/mol. The van der Waals surface area contributed by atoms with Crippen molar-refractivity contribution in [2.24, 2.45) is 92.7 Å². The molecule has 0 aliphatic heterocycles. The van der Waals surface area contributed by atoms with Crippen LogP contribution in [0.15, 0.2) is 0 Å². The molecule has 4 spiro atoms. The lowest BCUT2D eigenvalue weighted by atomic mass is 9.42. The molecule has 364 valence electrons. The molecular formula is C62H104O2. The van der Waals surface area contributed by atoms with Crippen LogP contribution < -0.4 is 0 Å². The number of Topliss-reactive ketones (excluding diaryl/α,β-unsaturated/α-hetero) is 2. The highest BCUT2D eigenvalue weighted by Gasteiger charge is 2.65. The molecule has 10 aliphatic rings. The minimum atomic E-state index is 0.139. The SMILES string of the molecule is CCCCC[C@H]1CC[C@H](C2CCC3(CC2)CC2(CCC([C@H]4CC[C@H](CC)CC4)CC2)C3=O)CC1.CC[C@H]1CC[C@H](C2CCC3(CC2)CC2(CCC([C@H]4CC[C@H](C)CC4)CC2)C3=O)CC1. The van der Waals surface area contributed by atoms with Crippen molar-refractivity contribution in [3.05, 3.63) is 0 Å². The van der Waals surface area contributed by atoms with E-state index >= 15 is 0 Å². The molecule has 10 rings (SSSR count). The lowest BCUT2D eigenvalue weighted by Gasteiger charge is -2.60. The van der Waals surface area contributed by atoms with Gasteiger partial charge in [0, 0.05) is 21.7 Å². The first kappa shape index (κ1) is 48.4. The first-order chi connectivity index (χ1) is 31.1. The summed E-state index contributed by atoms with van der Waals surface area (Å²) in [5.74, 6) is 13.2. The van der Waals surface area contributed by atoms with Gasteiger partial charge < -0.3 is 0 Å². The summed E-state index contributed by atoms with van der Waals surface area (Å²) >= 11 is 0. The normalized spacial score (nSPS) is 47.5. The van der Waals surface area contributed by atoms with E-state index in [-0.39, 0.29) is 21.7 Å². The van der Waals surface area contributed by atoms with Crippen LogP contribution in [0.3, 0.4) is 0 Å². The summed E-state index contributed by atoms with van der Waals surface area (Å²) in [4.78, 5) is 27.3. The van der Waals surface area contributed by atoms with Gasteiger partial charge >= 0.3 is 0 Å². The zero-order chi connectivity index (χ0) is 44.4. The Labute approximate surface area is 396 Å². The van der Waals surface area contributed by atoms with Gasteiger partial charge in [0.25, 0.3) is 0 Å². The largest absolute Gasteiger partial charge is 0.298 e. The molecule has 0 aromatic heterocycles. The minimum absolute atomic E-state index is 0.139. The summed E-state index contributed by atoms with van der Waals surface area (Å²) in [6.45, 7) is 9.51. The molecule has 2 heteroatoms. The van der Waals surface area contributed by atoms with Crippen LogP contribution in [-0.2, 0) is 9.59 Å². The average molecular weight is 882 g/mol. The fourth-order valence-corrected chi connectivity index (χ4v) is 19.3. The first-order valence-electron chi connectivity index (χ1n) is 30.2. The molecule has 2 nitrogen and oxygen atoms in total. The van der Waals surface area contributed by atoms with E-state index in [1.807, 2.05) is 0 Å². The van der Waals surface area contributed by atoms with Gasteiger partial charge in [-0.2, -0.15) is 0 Å². The van der Waals surface area contributed by atoms with Crippen molar-refractivity contribution in [2.75, 3.05) is 0 Å². The Morgan fingerprint density at radius 3 is 0.875 bits per heavy atom. The van der Waals surface area contributed by atoms with Crippen LogP contribution in [0.2, 0.25) is 0 Å². The van der Waals surface area contributed by atoms with E-state index in [1.54, 1.807) is 0 Å². The highest BCUT2D eigenvalue weighted by molar-refractivity contribution is 5.97. The first-order valence-corrected chi connectivity index (χ1v) is 30.2. The molecule has 0 amide bonds. The molecule has 0 saturated heterocycles. The molecule has 64 heavy (non-hydrogen) atoms. The lowest BCUT2D eigenvalue weighted by molar-refractivity contribution is -0.170. The lowest BCUT2D eigenvalue weighted by Crippen LogP contribution is -2.60. The summed E-state index contributed by atoms with van der Waals surface area (Å²) in [6.07, 6.45) is 55.7. The molecule has 10 aliphatic carbocycles. The van der Waals surface area contributed by atoms with Crippen LogP contribution in [0.4, 0.5) is 0 Å². The van der Waals surface area contributed by atoms with E-state index < -0.39 is 0 Å². The molecule has 0 radical (unpaired) electrons. The molecular weight excluding hydrogens is 777 g/mol. The molecule has 0 bridgehead atoms. The van der Waals surface area contributed by atoms with Gasteiger partial charge in [0.05, 0.1) is 0 Å². The zero-order valence-corrected chi connectivity index (χ0v) is 43.0. The maximum Gasteiger partial charge on any atom is 0.145 e. The van der Waals surface area contributed by atoms with E-state index in [0.29, 0.717) is 0 Å². The Bertz CT molecular complexity index is 1460. The van der Waals surface area contributed by atoms with Crippen molar-refractivity contribution in [3.63, 3.8) is 0 Å². The van der Waals surface area contributed by atoms with Gasteiger partial charge in [0.2, 0.25) is 0 Å². The Hall–Kier alpha value is -0.660. The molecule has 0 unspecified atom stereocenters. The van der Waals surface area contributed by atoms with Crippen molar-refractivity contribution in [1.29, 1.82) is 0 Å². The van der Waals surface area contributed by atoms with Gasteiger partial charge in [-0.25, -0.2) is 0 Å². The third kappa shape index (κ3) is 10.1. The standard InChI is InChI=1S/C33H56O.C29H48O/c1-3-5-6-7-26-10-14-28(15-11-26)30-18-22-33(23-19-30)24-32(31(33)34)20-16-29(17-21-32)27-12-8-25(4-2)9-13-27;1-3-22-6-10-24(11-7-22)26-14-18-29(19-15-26)20-28(27(29)30)16-12-25(13-17-28)23-8-4-21(2)5-9-23/h25-30H,3-24H2,1-2H3;21-26H,3-20H2,1-2H3/t25-,26-,27-,28-,29?,30?,32?,33?;21-,22-,23-,24-,25?,26?,28?,29?. The van der Waals surface area contributed by atoms with Crippen molar-refractivity contribution in [1.82, 2.24) is 0 Å². The van der Waals surface area contributed by atoms with E-state index in [9.17, 15) is 9.59 Å². The summed E-state index contributed by atoms with van der Waals surface area (Å²) in [5, 5.41) is 0. The second-order valence-electron chi connectivity index (χ2n) is 27.2. The number of hydrogen-bond acceptors (Lipinski definition) is 2. The maximum absolute atomic E-state index is 13.7. The van der Waals surface area contributed by atoms with Crippen molar-refractivity contribution < 1.29 is 9.59 Å². The monoisotopic (exact) mass is 881 g/mol. The highest BCUT2D eigenvalue weighted by atomic mass is 16.1. The van der Waals surface area contributed by atoms with E-state index in [1.165, 1.54) is 257 Å². The summed E-state index contributed by atoms with van der Waals surface area (Å²) in [6, 6.07) is 0. The Kier molecular flexibility index (Phi) is 16.0. The molecule has 10 saturated carbocycles. The van der Waals surface area contributed by atoms with Gasteiger partial charge in [-0.05, 0) is 238 Å². The van der Waals surface area contributed by atoms with E-state index in [2.05, 4.69) is 27.7 Å². The number of carbonyl (C=O) groups is 2. The van der Waals surface area contributed by atoms with E-state index in [0.717, 1.165) is 82.6 Å². The van der Waals surface area contributed by atoms with Crippen LogP contribution in [-0.4, -0.2) is 11.6 Å². The van der Waals surface area contributed by atoms with Gasteiger partial charge in [-0.15, -0.1) is 0 Å². The quantitative estimate of drug-likeness (QED) is 0.205. The van der Waals surface area contributed by atoms with Gasteiger partial charge in [0.15, 0.2) is 0 Å². The number of rotatable bonds is 10. The van der Waals surface area contributed by atoms with Gasteiger partial charge in [-0.3, -0.25) is 9.59 Å². The van der Waals surface area contributed by atoms with Gasteiger partial charge in [0.1, 0.15) is 11.6 Å². The fourth-order valence-electron chi connectivity index (χ4n) is 19.3. The van der Waals surface area contributed by atoms with Crippen molar-refractivity contribution in [3.8, 4) is 0 Å². The molecule has 0 heterocycles. The maximum atomic E-state index is 13.7. The van der Waals surface area contributed by atoms with Crippen LogP contribution in [0.5, 0.6) is 0 Å². The number of ketones is 2. The summed E-state index contributed by atoms with van der Waals surface area (Å²) < 4.78 is 0. The predicted octanol–water partition coefficient (Wildman–Crippen LogP) is 18.3. The second kappa shape index (κ2) is 21.1.